The van der Waals surface area contributed by atoms with Gasteiger partial charge in [0.2, 0.25) is 5.91 Å². The molecule has 3 aromatic heterocycles. The normalized spacial score (nSPS) is 14.9. The number of thioether (sulfide) groups is 1. The number of rotatable bonds is 7. The summed E-state index contributed by atoms with van der Waals surface area (Å²) in [5.74, 6) is -2.28. The lowest BCUT2D eigenvalue weighted by Gasteiger charge is -2.40. The van der Waals surface area contributed by atoms with Crippen LogP contribution in [0.3, 0.4) is 0 Å². The van der Waals surface area contributed by atoms with Crippen LogP contribution in [0.5, 0.6) is 5.75 Å². The number of phenols is 1. The summed E-state index contributed by atoms with van der Waals surface area (Å²) in [5, 5.41) is 11.0. The fourth-order valence-electron chi connectivity index (χ4n) is 6.05. The standard InChI is InChI=1S/C35H32F2N6O3S/c1-5-29(45)41-13-14-42(21(3)19-41)33-24-18-26(37)31(30-25(36)16-23(47-4)17-28(30)44)39-34(24)43(35(46)40-33)32-20(2)11-12-38-27(32)15-22-9-7-6-8-10-22/h5-12,16-18,21,44H,1,13-15,19H2,2-4H3/t21-/m0/s1. The maximum atomic E-state index is 16.1. The first-order valence-electron chi connectivity index (χ1n) is 15.0. The predicted molar refractivity (Wildman–Crippen MR) is 179 cm³/mol. The molecule has 0 aliphatic carbocycles. The molecule has 1 atom stereocenters. The van der Waals surface area contributed by atoms with Crippen molar-refractivity contribution in [2.45, 2.75) is 31.2 Å². The predicted octanol–water partition coefficient (Wildman–Crippen LogP) is 5.67. The third kappa shape index (κ3) is 5.96. The lowest BCUT2D eigenvalue weighted by molar-refractivity contribution is -0.126. The number of aryl methyl sites for hydroxylation is 1. The number of phenolic OH excluding ortho intramolecular Hbond substituents is 1. The minimum absolute atomic E-state index is 0.0198. The van der Waals surface area contributed by atoms with Crippen LogP contribution >= 0.6 is 11.8 Å². The van der Waals surface area contributed by atoms with Crippen LogP contribution in [0.1, 0.15) is 23.7 Å². The van der Waals surface area contributed by atoms with Crippen LogP contribution in [0.25, 0.3) is 28.0 Å². The van der Waals surface area contributed by atoms with Gasteiger partial charge in [-0.15, -0.1) is 11.8 Å². The SMILES string of the molecule is C=CC(=O)N1CCN(c2nc(=O)n(-c3c(C)ccnc3Cc3ccccc3)c3nc(-c4c(O)cc(SC)cc4F)c(F)cc23)[C@@H](C)C1. The van der Waals surface area contributed by atoms with Crippen molar-refractivity contribution in [2.75, 3.05) is 30.8 Å². The lowest BCUT2D eigenvalue weighted by atomic mass is 10.0. The summed E-state index contributed by atoms with van der Waals surface area (Å²) in [7, 11) is 0. The van der Waals surface area contributed by atoms with E-state index in [1.165, 1.54) is 40.6 Å². The van der Waals surface area contributed by atoms with Crippen molar-refractivity contribution >= 4 is 34.5 Å². The van der Waals surface area contributed by atoms with Crippen molar-refractivity contribution < 1.29 is 18.7 Å². The van der Waals surface area contributed by atoms with Gasteiger partial charge in [0.1, 0.15) is 23.1 Å². The molecule has 1 N–H and O–H groups in total. The number of amides is 1. The Kier molecular flexibility index (Phi) is 8.78. The molecule has 6 rings (SSSR count). The van der Waals surface area contributed by atoms with Crippen LogP contribution in [0.2, 0.25) is 0 Å². The Morgan fingerprint density at radius 2 is 1.87 bits per heavy atom. The van der Waals surface area contributed by atoms with Crippen molar-refractivity contribution in [1.29, 1.82) is 0 Å². The van der Waals surface area contributed by atoms with E-state index in [-0.39, 0.29) is 28.8 Å². The summed E-state index contributed by atoms with van der Waals surface area (Å²) in [6, 6.07) is 14.8. The highest BCUT2D eigenvalue weighted by atomic mass is 32.2. The van der Waals surface area contributed by atoms with Gasteiger partial charge < -0.3 is 14.9 Å². The minimum Gasteiger partial charge on any atom is -0.507 e. The molecule has 0 spiro atoms. The minimum atomic E-state index is -0.905. The summed E-state index contributed by atoms with van der Waals surface area (Å²) in [6.45, 7) is 8.25. The van der Waals surface area contributed by atoms with Crippen molar-refractivity contribution in [1.82, 2.24) is 24.4 Å². The monoisotopic (exact) mass is 654 g/mol. The second kappa shape index (κ2) is 13.0. The molecule has 12 heteroatoms. The van der Waals surface area contributed by atoms with Crippen LogP contribution in [0, 0.1) is 18.6 Å². The number of benzene rings is 2. The molecular weight excluding hydrogens is 622 g/mol. The van der Waals surface area contributed by atoms with E-state index in [1.807, 2.05) is 49.1 Å². The summed E-state index contributed by atoms with van der Waals surface area (Å²) in [5.41, 5.74) is 1.09. The number of fused-ring (bicyclic) bond motifs is 1. The van der Waals surface area contributed by atoms with Gasteiger partial charge >= 0.3 is 5.69 Å². The number of carbonyl (C=O) groups excluding carboxylic acids is 1. The molecule has 1 aliphatic heterocycles. The van der Waals surface area contributed by atoms with E-state index < -0.39 is 34.3 Å². The van der Waals surface area contributed by atoms with Gasteiger partial charge in [-0.05, 0) is 61.6 Å². The molecule has 9 nitrogen and oxygen atoms in total. The Morgan fingerprint density at radius 1 is 1.11 bits per heavy atom. The smallest absolute Gasteiger partial charge is 0.355 e. The number of piperazine rings is 1. The quantitative estimate of drug-likeness (QED) is 0.177. The largest absolute Gasteiger partial charge is 0.507 e. The van der Waals surface area contributed by atoms with Gasteiger partial charge in [0.15, 0.2) is 11.5 Å². The molecule has 1 aliphatic rings. The fourth-order valence-corrected chi connectivity index (χ4v) is 6.50. The van der Waals surface area contributed by atoms with Crippen molar-refractivity contribution in [3.05, 3.63) is 112 Å². The zero-order valence-corrected chi connectivity index (χ0v) is 26.9. The van der Waals surface area contributed by atoms with E-state index in [2.05, 4.69) is 21.5 Å². The number of aromatic nitrogens is 4. The highest BCUT2D eigenvalue weighted by molar-refractivity contribution is 7.98. The number of pyridine rings is 2. The van der Waals surface area contributed by atoms with Crippen molar-refractivity contribution in [2.24, 2.45) is 0 Å². The van der Waals surface area contributed by atoms with Gasteiger partial charge in [-0.2, -0.15) is 4.98 Å². The topological polar surface area (TPSA) is 104 Å². The number of halogens is 2. The summed E-state index contributed by atoms with van der Waals surface area (Å²) in [4.78, 5) is 44.2. The molecule has 0 unspecified atom stereocenters. The number of hydrogen-bond donors (Lipinski definition) is 1. The molecule has 240 valence electrons. The molecule has 1 amide bonds. The van der Waals surface area contributed by atoms with Crippen LogP contribution in [-0.2, 0) is 11.2 Å². The highest BCUT2D eigenvalue weighted by Gasteiger charge is 2.31. The lowest BCUT2D eigenvalue weighted by Crippen LogP contribution is -2.54. The van der Waals surface area contributed by atoms with Gasteiger partial charge in [0.05, 0.1) is 22.3 Å². The molecule has 1 saturated heterocycles. The Bertz CT molecular complexity index is 2070. The molecule has 0 saturated carbocycles. The third-order valence-corrected chi connectivity index (χ3v) is 9.05. The molecule has 2 aromatic carbocycles. The zero-order chi connectivity index (χ0) is 33.4. The number of carbonyl (C=O) groups is 1. The van der Waals surface area contributed by atoms with Gasteiger partial charge in [0, 0.05) is 43.2 Å². The number of nitrogens with zero attached hydrogens (tertiary/aromatic N) is 6. The summed E-state index contributed by atoms with van der Waals surface area (Å²) in [6.07, 6.45) is 5.01. The van der Waals surface area contributed by atoms with Crippen molar-refractivity contribution in [3.8, 4) is 22.7 Å². The van der Waals surface area contributed by atoms with E-state index in [0.717, 1.165) is 5.56 Å². The van der Waals surface area contributed by atoms with Crippen LogP contribution in [-0.4, -0.2) is 67.4 Å². The van der Waals surface area contributed by atoms with Crippen LogP contribution in [0.15, 0.2) is 83.1 Å². The Hall–Kier alpha value is -5.10. The van der Waals surface area contributed by atoms with E-state index >= 15 is 8.78 Å². The Morgan fingerprint density at radius 3 is 2.55 bits per heavy atom. The average molecular weight is 655 g/mol. The van der Waals surface area contributed by atoms with Crippen LogP contribution in [0.4, 0.5) is 14.6 Å². The molecular formula is C35H32F2N6O3S. The van der Waals surface area contributed by atoms with Crippen LogP contribution < -0.4 is 10.6 Å². The molecule has 0 bridgehead atoms. The molecule has 1 fully saturated rings. The van der Waals surface area contributed by atoms with E-state index in [9.17, 15) is 14.7 Å². The summed E-state index contributed by atoms with van der Waals surface area (Å²) >= 11 is 1.22. The Balaban J connectivity index is 1.63. The third-order valence-electron chi connectivity index (χ3n) is 8.34. The van der Waals surface area contributed by atoms with E-state index in [0.29, 0.717) is 47.9 Å². The second-order valence-electron chi connectivity index (χ2n) is 11.4. The Labute approximate surface area is 274 Å². The zero-order valence-electron chi connectivity index (χ0n) is 26.1. The van der Waals surface area contributed by atoms with Crippen molar-refractivity contribution in [3.63, 3.8) is 0 Å². The highest BCUT2D eigenvalue weighted by Crippen LogP contribution is 2.38. The van der Waals surface area contributed by atoms with Gasteiger partial charge in [-0.25, -0.2) is 23.1 Å². The number of aromatic hydroxyl groups is 1. The average Bonchev–Trinajstić information content (AvgIpc) is 3.05. The number of anilines is 1. The first-order chi connectivity index (χ1) is 22.6. The van der Waals surface area contributed by atoms with E-state index in [1.54, 1.807) is 23.4 Å². The van der Waals surface area contributed by atoms with Gasteiger partial charge in [-0.1, -0.05) is 36.9 Å². The maximum Gasteiger partial charge on any atom is 0.355 e. The molecule has 0 radical (unpaired) electrons. The second-order valence-corrected chi connectivity index (χ2v) is 12.2. The van der Waals surface area contributed by atoms with Gasteiger partial charge in [-0.3, -0.25) is 9.78 Å². The molecule has 4 heterocycles. The molecule has 47 heavy (non-hydrogen) atoms. The summed E-state index contributed by atoms with van der Waals surface area (Å²) < 4.78 is 32.9. The molecule has 5 aromatic rings. The van der Waals surface area contributed by atoms with Gasteiger partial charge in [0.25, 0.3) is 0 Å². The van der Waals surface area contributed by atoms with E-state index in [4.69, 9.17) is 0 Å². The fraction of sp³-hybridized carbons (Fsp3) is 0.229. The maximum absolute atomic E-state index is 16.1. The number of hydrogen-bond acceptors (Lipinski definition) is 8. The first kappa shape index (κ1) is 31.9. The first-order valence-corrected chi connectivity index (χ1v) is 16.2.